The van der Waals surface area contributed by atoms with Crippen LogP contribution in [0.15, 0.2) is 18.2 Å². The average molecular weight is 278 g/mol. The third-order valence-electron chi connectivity index (χ3n) is 4.19. The van der Waals surface area contributed by atoms with Crippen LogP contribution in [0.1, 0.15) is 30.9 Å². The highest BCUT2D eigenvalue weighted by atomic mass is 16.6. The second kappa shape index (κ2) is 6.33. The highest BCUT2D eigenvalue weighted by Crippen LogP contribution is 2.24. The first kappa shape index (κ1) is 14.9. The Morgan fingerprint density at radius 2 is 2.10 bits per heavy atom. The second-order valence-electron chi connectivity index (χ2n) is 5.73. The molecule has 2 rings (SSSR count). The molecule has 0 amide bonds. The molecule has 0 spiro atoms. The van der Waals surface area contributed by atoms with Gasteiger partial charge in [0.15, 0.2) is 0 Å². The maximum Gasteiger partial charge on any atom is 0.272 e. The van der Waals surface area contributed by atoms with Crippen molar-refractivity contribution in [2.75, 3.05) is 13.1 Å². The number of nitro groups is 1. The van der Waals surface area contributed by atoms with E-state index in [1.54, 1.807) is 13.0 Å². The van der Waals surface area contributed by atoms with E-state index < -0.39 is 0 Å². The van der Waals surface area contributed by atoms with Gasteiger partial charge in [0.2, 0.25) is 0 Å². The van der Waals surface area contributed by atoms with E-state index in [4.69, 9.17) is 0 Å². The standard InChI is InChI=1S/C15H22N2O3/c1-11-3-4-13(9-15(11)17(19)20)10-16-7-5-14(6-8-16)12(2)18/h3-4,9,12,14,18H,5-8,10H2,1-2H3. The molecule has 1 atom stereocenters. The van der Waals surface area contributed by atoms with Crippen molar-refractivity contribution in [3.05, 3.63) is 39.4 Å². The summed E-state index contributed by atoms with van der Waals surface area (Å²) in [5.74, 6) is 0.388. The number of rotatable bonds is 4. The Labute approximate surface area is 119 Å². The highest BCUT2D eigenvalue weighted by molar-refractivity contribution is 5.42. The molecule has 1 N–H and O–H groups in total. The number of aliphatic hydroxyl groups excluding tert-OH is 1. The fraction of sp³-hybridized carbons (Fsp3) is 0.600. The summed E-state index contributed by atoms with van der Waals surface area (Å²) in [4.78, 5) is 12.9. The average Bonchev–Trinajstić information content (AvgIpc) is 2.41. The van der Waals surface area contributed by atoms with E-state index >= 15 is 0 Å². The Hall–Kier alpha value is -1.46. The minimum atomic E-state index is -0.321. The van der Waals surface area contributed by atoms with Crippen LogP contribution in [0.25, 0.3) is 0 Å². The summed E-state index contributed by atoms with van der Waals surface area (Å²) < 4.78 is 0. The van der Waals surface area contributed by atoms with E-state index in [1.165, 1.54) is 0 Å². The Balaban J connectivity index is 1.98. The summed E-state index contributed by atoms with van der Waals surface area (Å²) in [7, 11) is 0. The van der Waals surface area contributed by atoms with Gasteiger partial charge in [0, 0.05) is 18.2 Å². The van der Waals surface area contributed by atoms with Crippen LogP contribution >= 0.6 is 0 Å². The molecule has 5 nitrogen and oxygen atoms in total. The van der Waals surface area contributed by atoms with Crippen molar-refractivity contribution < 1.29 is 10.0 Å². The van der Waals surface area contributed by atoms with Crippen LogP contribution in [0.4, 0.5) is 5.69 Å². The van der Waals surface area contributed by atoms with Gasteiger partial charge >= 0.3 is 0 Å². The lowest BCUT2D eigenvalue weighted by atomic mass is 9.92. The number of piperidine rings is 1. The Morgan fingerprint density at radius 3 is 2.65 bits per heavy atom. The normalized spacial score (nSPS) is 18.9. The third-order valence-corrected chi connectivity index (χ3v) is 4.19. The summed E-state index contributed by atoms with van der Waals surface area (Å²) in [6.45, 7) is 6.24. The predicted octanol–water partition coefficient (Wildman–Crippen LogP) is 2.50. The lowest BCUT2D eigenvalue weighted by Gasteiger charge is -2.33. The van der Waals surface area contributed by atoms with Crippen molar-refractivity contribution in [2.45, 2.75) is 39.3 Å². The van der Waals surface area contributed by atoms with Gasteiger partial charge in [-0.2, -0.15) is 0 Å². The van der Waals surface area contributed by atoms with Crippen molar-refractivity contribution >= 4 is 5.69 Å². The van der Waals surface area contributed by atoms with Crippen molar-refractivity contribution in [3.8, 4) is 0 Å². The second-order valence-corrected chi connectivity index (χ2v) is 5.73. The monoisotopic (exact) mass is 278 g/mol. The molecule has 0 saturated carbocycles. The summed E-state index contributed by atoms with van der Waals surface area (Å²) in [5.41, 5.74) is 1.88. The molecule has 0 aromatic heterocycles. The molecule has 1 unspecified atom stereocenters. The van der Waals surface area contributed by atoms with E-state index in [1.807, 2.05) is 19.1 Å². The highest BCUT2D eigenvalue weighted by Gasteiger charge is 2.23. The molecule has 0 aliphatic carbocycles. The summed E-state index contributed by atoms with van der Waals surface area (Å²) in [6.07, 6.45) is 1.75. The molecule has 1 aromatic carbocycles. The van der Waals surface area contributed by atoms with Crippen molar-refractivity contribution in [1.29, 1.82) is 0 Å². The summed E-state index contributed by atoms with van der Waals surface area (Å²) in [5, 5.41) is 20.5. The van der Waals surface area contributed by atoms with Crippen LogP contribution in [-0.4, -0.2) is 34.1 Å². The van der Waals surface area contributed by atoms with Crippen LogP contribution in [0.5, 0.6) is 0 Å². The Bertz CT molecular complexity index is 480. The van der Waals surface area contributed by atoms with E-state index in [0.717, 1.165) is 38.0 Å². The fourth-order valence-corrected chi connectivity index (χ4v) is 2.80. The maximum absolute atomic E-state index is 10.9. The number of hydrogen-bond donors (Lipinski definition) is 1. The topological polar surface area (TPSA) is 66.6 Å². The molecule has 1 aromatic rings. The lowest BCUT2D eigenvalue weighted by molar-refractivity contribution is -0.385. The minimum Gasteiger partial charge on any atom is -0.393 e. The van der Waals surface area contributed by atoms with Crippen LogP contribution in [0.2, 0.25) is 0 Å². The number of aliphatic hydroxyl groups is 1. The number of nitrogens with zero attached hydrogens (tertiary/aromatic N) is 2. The van der Waals surface area contributed by atoms with Gasteiger partial charge in [0.1, 0.15) is 0 Å². The zero-order valence-corrected chi connectivity index (χ0v) is 12.1. The van der Waals surface area contributed by atoms with Gasteiger partial charge < -0.3 is 5.11 Å². The molecule has 1 heterocycles. The van der Waals surface area contributed by atoms with E-state index in [2.05, 4.69) is 4.90 Å². The largest absolute Gasteiger partial charge is 0.393 e. The summed E-state index contributed by atoms with van der Waals surface area (Å²) >= 11 is 0. The van der Waals surface area contributed by atoms with Gasteiger partial charge in [-0.3, -0.25) is 15.0 Å². The van der Waals surface area contributed by atoms with Gasteiger partial charge in [0.25, 0.3) is 5.69 Å². The van der Waals surface area contributed by atoms with E-state index in [9.17, 15) is 15.2 Å². The quantitative estimate of drug-likeness (QED) is 0.678. The molecule has 0 bridgehead atoms. The molecule has 1 saturated heterocycles. The number of benzene rings is 1. The zero-order valence-electron chi connectivity index (χ0n) is 12.1. The van der Waals surface area contributed by atoms with E-state index in [-0.39, 0.29) is 16.7 Å². The van der Waals surface area contributed by atoms with Crippen molar-refractivity contribution in [1.82, 2.24) is 4.90 Å². The first-order valence-electron chi connectivity index (χ1n) is 7.11. The number of aryl methyl sites for hydroxylation is 1. The van der Waals surface area contributed by atoms with Crippen molar-refractivity contribution in [2.24, 2.45) is 5.92 Å². The number of nitro benzene ring substituents is 1. The van der Waals surface area contributed by atoms with Crippen LogP contribution in [0.3, 0.4) is 0 Å². The summed E-state index contributed by atoms with van der Waals surface area (Å²) in [6, 6.07) is 5.45. The van der Waals surface area contributed by atoms with E-state index in [0.29, 0.717) is 11.5 Å². The maximum atomic E-state index is 10.9. The molecule has 20 heavy (non-hydrogen) atoms. The molecule has 1 aliphatic rings. The number of likely N-dealkylation sites (tertiary alicyclic amines) is 1. The van der Waals surface area contributed by atoms with Crippen LogP contribution < -0.4 is 0 Å². The Morgan fingerprint density at radius 1 is 1.45 bits per heavy atom. The van der Waals surface area contributed by atoms with Gasteiger partial charge in [-0.25, -0.2) is 0 Å². The smallest absolute Gasteiger partial charge is 0.272 e. The molecular weight excluding hydrogens is 256 g/mol. The first-order valence-corrected chi connectivity index (χ1v) is 7.11. The third kappa shape index (κ3) is 3.55. The number of hydrogen-bond acceptors (Lipinski definition) is 4. The van der Waals surface area contributed by atoms with Gasteiger partial charge in [-0.05, 0) is 51.3 Å². The van der Waals surface area contributed by atoms with Crippen LogP contribution in [-0.2, 0) is 6.54 Å². The van der Waals surface area contributed by atoms with Gasteiger partial charge in [-0.1, -0.05) is 12.1 Å². The lowest BCUT2D eigenvalue weighted by Crippen LogP contribution is -2.36. The van der Waals surface area contributed by atoms with Gasteiger partial charge in [0.05, 0.1) is 11.0 Å². The minimum absolute atomic E-state index is 0.196. The molecule has 1 aliphatic heterocycles. The van der Waals surface area contributed by atoms with Crippen LogP contribution in [0, 0.1) is 23.0 Å². The zero-order chi connectivity index (χ0) is 14.7. The fourth-order valence-electron chi connectivity index (χ4n) is 2.80. The molecular formula is C15H22N2O3. The SMILES string of the molecule is Cc1ccc(CN2CCC(C(C)O)CC2)cc1[N+](=O)[O-]. The Kier molecular flexibility index (Phi) is 4.73. The van der Waals surface area contributed by atoms with Gasteiger partial charge in [-0.15, -0.1) is 0 Å². The molecule has 1 fully saturated rings. The van der Waals surface area contributed by atoms with Crippen molar-refractivity contribution in [3.63, 3.8) is 0 Å². The molecule has 110 valence electrons. The molecule has 5 heteroatoms. The molecule has 0 radical (unpaired) electrons. The predicted molar refractivity (Wildman–Crippen MR) is 77.5 cm³/mol. The first-order chi connectivity index (χ1) is 9.47.